The molecule has 11 heteroatoms. The standard InChI is InChI=1S/C24H27F3N6OS/c1-14-11-20(35-31-14)32-12-16-4-5-17(13-32)21(16)28-23-29-22-19(3-2-10-33(22)30-23)15-6-8-18(9-7-15)34-24(25,26)27/h6-9,11,16-17,19,21H,2-5,10,12-13H2,1H3,(H,28,30)/t16-,17+,19?,21?. The van der Waals surface area contributed by atoms with E-state index in [1.807, 2.05) is 11.6 Å². The fourth-order valence-electron chi connectivity index (χ4n) is 5.92. The van der Waals surface area contributed by atoms with Gasteiger partial charge in [-0.1, -0.05) is 12.1 Å². The molecule has 2 bridgehead atoms. The molecule has 1 N–H and O–H groups in total. The number of alkyl halides is 3. The van der Waals surface area contributed by atoms with Gasteiger partial charge >= 0.3 is 6.36 Å². The summed E-state index contributed by atoms with van der Waals surface area (Å²) in [6.07, 6.45) is -0.477. The Hall–Kier alpha value is -2.82. The number of hydrogen-bond donors (Lipinski definition) is 1. The van der Waals surface area contributed by atoms with Crippen molar-refractivity contribution in [1.82, 2.24) is 19.1 Å². The van der Waals surface area contributed by atoms with Gasteiger partial charge in [0.05, 0.1) is 5.69 Å². The van der Waals surface area contributed by atoms with Crippen LogP contribution in [-0.4, -0.2) is 44.6 Å². The molecule has 0 radical (unpaired) electrons. The van der Waals surface area contributed by atoms with E-state index in [0.717, 1.165) is 49.6 Å². The third-order valence-corrected chi connectivity index (χ3v) is 8.39. The highest BCUT2D eigenvalue weighted by molar-refractivity contribution is 7.10. The van der Waals surface area contributed by atoms with Crippen LogP contribution in [0, 0.1) is 18.8 Å². The molecule has 2 unspecified atom stereocenters. The van der Waals surface area contributed by atoms with Crippen LogP contribution in [0.2, 0.25) is 0 Å². The van der Waals surface area contributed by atoms with Gasteiger partial charge in [-0.2, -0.15) is 9.36 Å². The molecule has 2 aliphatic heterocycles. The van der Waals surface area contributed by atoms with Gasteiger partial charge in [0.2, 0.25) is 5.95 Å². The zero-order valence-corrected chi connectivity index (χ0v) is 20.1. The number of nitrogens with zero attached hydrogens (tertiary/aromatic N) is 5. The van der Waals surface area contributed by atoms with Crippen molar-refractivity contribution >= 4 is 22.5 Å². The lowest BCUT2D eigenvalue weighted by Crippen LogP contribution is -2.48. The molecule has 1 saturated carbocycles. The number of piperidine rings is 1. The summed E-state index contributed by atoms with van der Waals surface area (Å²) in [4.78, 5) is 7.34. The maximum Gasteiger partial charge on any atom is 0.573 e. The van der Waals surface area contributed by atoms with Crippen LogP contribution in [-0.2, 0) is 6.54 Å². The molecule has 4 heterocycles. The van der Waals surface area contributed by atoms with Crippen molar-refractivity contribution in [2.45, 2.75) is 57.5 Å². The average Bonchev–Trinajstić information content (AvgIpc) is 3.48. The van der Waals surface area contributed by atoms with Crippen LogP contribution in [0.25, 0.3) is 0 Å². The number of benzene rings is 1. The van der Waals surface area contributed by atoms with Crippen LogP contribution >= 0.6 is 11.5 Å². The maximum atomic E-state index is 12.5. The lowest BCUT2D eigenvalue weighted by molar-refractivity contribution is -0.274. The second kappa shape index (κ2) is 8.69. The highest BCUT2D eigenvalue weighted by Gasteiger charge is 2.43. The van der Waals surface area contributed by atoms with Crippen molar-refractivity contribution in [3.05, 3.63) is 47.4 Å². The van der Waals surface area contributed by atoms with Gasteiger partial charge in [-0.15, -0.1) is 18.3 Å². The summed E-state index contributed by atoms with van der Waals surface area (Å²) in [5, 5.41) is 9.67. The van der Waals surface area contributed by atoms with Gasteiger partial charge in [0, 0.05) is 31.6 Å². The van der Waals surface area contributed by atoms with Gasteiger partial charge in [-0.3, -0.25) is 0 Å². The first kappa shape index (κ1) is 22.6. The van der Waals surface area contributed by atoms with Gasteiger partial charge in [0.25, 0.3) is 0 Å². The second-order valence-electron chi connectivity index (χ2n) is 9.81. The SMILES string of the molecule is Cc1cc(N2C[C@H]3CC[C@@H](C2)C3Nc2nc3n(n2)CCCC3c2ccc(OC(F)(F)F)cc2)sn1. The van der Waals surface area contributed by atoms with Crippen molar-refractivity contribution in [3.8, 4) is 5.75 Å². The number of aromatic nitrogens is 4. The molecule has 1 saturated heterocycles. The summed E-state index contributed by atoms with van der Waals surface area (Å²) in [5.41, 5.74) is 2.00. The van der Waals surface area contributed by atoms with E-state index in [0.29, 0.717) is 23.8 Å². The number of rotatable bonds is 5. The quantitative estimate of drug-likeness (QED) is 0.516. The van der Waals surface area contributed by atoms with Crippen LogP contribution < -0.4 is 15.0 Å². The van der Waals surface area contributed by atoms with Crippen molar-refractivity contribution in [3.63, 3.8) is 0 Å². The molecule has 2 fully saturated rings. The summed E-state index contributed by atoms with van der Waals surface area (Å²) < 4.78 is 47.9. The van der Waals surface area contributed by atoms with Crippen LogP contribution in [0.3, 0.4) is 0 Å². The first-order valence-corrected chi connectivity index (χ1v) is 12.8. The van der Waals surface area contributed by atoms with E-state index in [4.69, 9.17) is 10.1 Å². The Labute approximate surface area is 205 Å². The summed E-state index contributed by atoms with van der Waals surface area (Å²) >= 11 is 1.58. The first-order chi connectivity index (χ1) is 16.8. The fourth-order valence-corrected chi connectivity index (χ4v) is 6.69. The Morgan fingerprint density at radius 2 is 1.83 bits per heavy atom. The van der Waals surface area contributed by atoms with Crippen LogP contribution in [0.1, 0.15) is 48.7 Å². The molecule has 7 nitrogen and oxygen atoms in total. The summed E-state index contributed by atoms with van der Waals surface area (Å²) in [6, 6.07) is 8.65. The predicted molar refractivity (Wildman–Crippen MR) is 127 cm³/mol. The molecule has 0 spiro atoms. The van der Waals surface area contributed by atoms with E-state index in [-0.39, 0.29) is 11.7 Å². The van der Waals surface area contributed by atoms with E-state index in [9.17, 15) is 13.2 Å². The molecular weight excluding hydrogens is 477 g/mol. The van der Waals surface area contributed by atoms with E-state index in [1.54, 1.807) is 23.7 Å². The minimum atomic E-state index is -4.69. The smallest absolute Gasteiger partial charge is 0.406 e. The second-order valence-corrected chi connectivity index (χ2v) is 10.6. The Kier molecular flexibility index (Phi) is 5.62. The molecule has 1 aromatic carbocycles. The molecule has 2 aromatic heterocycles. The highest BCUT2D eigenvalue weighted by atomic mass is 32.1. The Balaban J connectivity index is 1.17. The number of ether oxygens (including phenoxy) is 1. The van der Waals surface area contributed by atoms with E-state index < -0.39 is 6.36 Å². The van der Waals surface area contributed by atoms with Gasteiger partial charge in [-0.05, 0) is 79.7 Å². The van der Waals surface area contributed by atoms with Gasteiger partial charge in [0.1, 0.15) is 16.6 Å². The molecule has 35 heavy (non-hydrogen) atoms. The van der Waals surface area contributed by atoms with Crippen LogP contribution in [0.4, 0.5) is 24.1 Å². The summed E-state index contributed by atoms with van der Waals surface area (Å²) in [5.74, 6) is 2.39. The predicted octanol–water partition coefficient (Wildman–Crippen LogP) is 5.19. The summed E-state index contributed by atoms with van der Waals surface area (Å²) in [7, 11) is 0. The largest absolute Gasteiger partial charge is 0.573 e. The molecule has 3 aromatic rings. The zero-order chi connectivity index (χ0) is 24.2. The number of hydrogen-bond acceptors (Lipinski definition) is 7. The van der Waals surface area contributed by atoms with Gasteiger partial charge in [0.15, 0.2) is 0 Å². The Morgan fingerprint density at radius 3 is 2.49 bits per heavy atom. The number of fused-ring (bicyclic) bond motifs is 3. The molecular formula is C24H27F3N6OS. The normalized spacial score (nSPS) is 26.0. The van der Waals surface area contributed by atoms with Crippen molar-refractivity contribution in [2.75, 3.05) is 23.3 Å². The monoisotopic (exact) mass is 504 g/mol. The minimum Gasteiger partial charge on any atom is -0.406 e. The van der Waals surface area contributed by atoms with Crippen molar-refractivity contribution in [2.24, 2.45) is 11.8 Å². The van der Waals surface area contributed by atoms with Gasteiger partial charge in [-0.25, -0.2) is 4.68 Å². The molecule has 0 amide bonds. The minimum absolute atomic E-state index is 0.000116. The number of aryl methyl sites for hydroxylation is 2. The van der Waals surface area contributed by atoms with Crippen LogP contribution in [0.15, 0.2) is 30.3 Å². The van der Waals surface area contributed by atoms with Crippen LogP contribution in [0.5, 0.6) is 5.75 Å². The number of anilines is 2. The zero-order valence-electron chi connectivity index (χ0n) is 19.3. The summed E-state index contributed by atoms with van der Waals surface area (Å²) in [6.45, 7) is 4.86. The molecule has 6 rings (SSSR count). The van der Waals surface area contributed by atoms with E-state index in [1.165, 1.54) is 30.0 Å². The average molecular weight is 505 g/mol. The highest BCUT2D eigenvalue weighted by Crippen LogP contribution is 2.41. The third kappa shape index (κ3) is 4.57. The lowest BCUT2D eigenvalue weighted by atomic mass is 9.91. The Bertz CT molecular complexity index is 1180. The number of halogens is 3. The molecule has 4 atom stereocenters. The lowest BCUT2D eigenvalue weighted by Gasteiger charge is -2.38. The first-order valence-electron chi connectivity index (χ1n) is 12.1. The van der Waals surface area contributed by atoms with Gasteiger partial charge < -0.3 is 15.0 Å². The van der Waals surface area contributed by atoms with E-state index in [2.05, 4.69) is 25.4 Å². The fraction of sp³-hybridized carbons (Fsp3) is 0.542. The van der Waals surface area contributed by atoms with E-state index >= 15 is 0 Å². The molecule has 3 aliphatic rings. The molecule has 186 valence electrons. The van der Waals surface area contributed by atoms with Crippen molar-refractivity contribution < 1.29 is 17.9 Å². The topological polar surface area (TPSA) is 68.1 Å². The maximum absolute atomic E-state index is 12.5. The number of nitrogens with one attached hydrogen (secondary N) is 1. The molecule has 1 aliphatic carbocycles. The van der Waals surface area contributed by atoms with Crippen molar-refractivity contribution in [1.29, 1.82) is 0 Å². The third-order valence-electron chi connectivity index (χ3n) is 7.45. The Morgan fingerprint density at radius 1 is 1.09 bits per heavy atom.